The van der Waals surface area contributed by atoms with Gasteiger partial charge in [-0.15, -0.1) is 0 Å². The number of rotatable bonds is 1. The molecule has 6 heteroatoms. The second-order valence-electron chi connectivity index (χ2n) is 0.950. The fourth-order valence-corrected chi connectivity index (χ4v) is 0. The molecule has 3 nitrogen and oxygen atoms in total. The summed E-state index contributed by atoms with van der Waals surface area (Å²) in [4.78, 5) is 7.68. The highest BCUT2D eigenvalue weighted by Gasteiger charge is 2.24. The molecule has 0 heterocycles. The van der Waals surface area contributed by atoms with Gasteiger partial charge in [0.2, 0.25) is 0 Å². The van der Waals surface area contributed by atoms with Crippen LogP contribution in [0.4, 0.5) is 8.78 Å². The van der Waals surface area contributed by atoms with E-state index in [1.807, 2.05) is 0 Å². The minimum atomic E-state index is -4.57. The standard InChI is InChI=1S/CH4F2NO2P/c2-1(3)7(4,5)6/h1H,(H3,4,5,6). The zero-order valence-electron chi connectivity index (χ0n) is 3.21. The van der Waals surface area contributed by atoms with Gasteiger partial charge in [0, 0.05) is 0 Å². The van der Waals surface area contributed by atoms with Crippen LogP contribution in [-0.2, 0) is 4.57 Å². The SMILES string of the molecule is NP(=O)(O)C(F)F. The van der Waals surface area contributed by atoms with Crippen LogP contribution < -0.4 is 5.50 Å². The van der Waals surface area contributed by atoms with Gasteiger partial charge in [0.25, 0.3) is 0 Å². The van der Waals surface area contributed by atoms with Crippen LogP contribution in [-0.4, -0.2) is 11.1 Å². The maximum Gasteiger partial charge on any atom is 0.329 e. The molecule has 0 amide bonds. The van der Waals surface area contributed by atoms with Crippen LogP contribution in [0.1, 0.15) is 0 Å². The summed E-state index contributed by atoms with van der Waals surface area (Å²) in [5.74, 6) is 0. The molecule has 0 aliphatic heterocycles. The lowest BCUT2D eigenvalue weighted by atomic mass is 11.7. The van der Waals surface area contributed by atoms with Crippen molar-refractivity contribution in [1.29, 1.82) is 0 Å². The summed E-state index contributed by atoms with van der Waals surface area (Å²) in [7, 11) is -4.57. The van der Waals surface area contributed by atoms with Gasteiger partial charge in [0.15, 0.2) is 0 Å². The van der Waals surface area contributed by atoms with E-state index in [-0.39, 0.29) is 0 Å². The van der Waals surface area contributed by atoms with E-state index < -0.39 is 13.7 Å². The van der Waals surface area contributed by atoms with Crippen molar-refractivity contribution in [3.63, 3.8) is 0 Å². The first kappa shape index (κ1) is 7.01. The van der Waals surface area contributed by atoms with Crippen molar-refractivity contribution < 1.29 is 18.2 Å². The molecule has 44 valence electrons. The number of nitrogens with two attached hydrogens (primary N) is 1. The molecule has 0 aromatic rings. The Bertz CT molecular complexity index is 97.9. The molecule has 1 atom stereocenters. The maximum atomic E-state index is 10.9. The van der Waals surface area contributed by atoms with Gasteiger partial charge in [-0.2, -0.15) is 8.78 Å². The molecule has 0 aromatic heterocycles. The lowest BCUT2D eigenvalue weighted by molar-refractivity contribution is 0.213. The Morgan fingerprint density at radius 1 is 1.71 bits per heavy atom. The summed E-state index contributed by atoms with van der Waals surface area (Å²) in [6.45, 7) is 0. The van der Waals surface area contributed by atoms with Crippen LogP contribution in [0.15, 0.2) is 0 Å². The van der Waals surface area contributed by atoms with Crippen LogP contribution in [0.25, 0.3) is 0 Å². The average Bonchev–Trinajstić information content (AvgIpc) is 1.31. The van der Waals surface area contributed by atoms with Gasteiger partial charge < -0.3 is 4.89 Å². The highest BCUT2D eigenvalue weighted by atomic mass is 31.2. The number of halogens is 2. The highest BCUT2D eigenvalue weighted by Crippen LogP contribution is 2.38. The van der Waals surface area contributed by atoms with Crippen molar-refractivity contribution in [3.05, 3.63) is 0 Å². The van der Waals surface area contributed by atoms with Gasteiger partial charge >= 0.3 is 13.7 Å². The third-order valence-electron chi connectivity index (χ3n) is 0.280. The van der Waals surface area contributed by atoms with E-state index in [0.717, 1.165) is 0 Å². The van der Waals surface area contributed by atoms with Crippen LogP contribution in [0.5, 0.6) is 0 Å². The maximum absolute atomic E-state index is 10.9. The minimum Gasteiger partial charge on any atom is -0.330 e. The smallest absolute Gasteiger partial charge is 0.329 e. The largest absolute Gasteiger partial charge is 0.330 e. The fourth-order valence-electron chi connectivity index (χ4n) is 0. The Morgan fingerprint density at radius 3 is 1.86 bits per heavy atom. The van der Waals surface area contributed by atoms with E-state index in [2.05, 4.69) is 5.50 Å². The van der Waals surface area contributed by atoms with Crippen molar-refractivity contribution in [2.24, 2.45) is 5.50 Å². The summed E-state index contributed by atoms with van der Waals surface area (Å²) < 4.78 is 31.3. The van der Waals surface area contributed by atoms with E-state index in [9.17, 15) is 13.3 Å². The molecule has 0 bridgehead atoms. The Labute approximate surface area is 38.6 Å². The predicted octanol–water partition coefficient (Wildman–Crippen LogP) is 0.353. The van der Waals surface area contributed by atoms with Gasteiger partial charge in [0.1, 0.15) is 0 Å². The van der Waals surface area contributed by atoms with E-state index in [0.29, 0.717) is 0 Å². The van der Waals surface area contributed by atoms with Crippen molar-refractivity contribution in [2.75, 3.05) is 0 Å². The molecule has 0 aromatic carbocycles. The van der Waals surface area contributed by atoms with Crippen molar-refractivity contribution in [1.82, 2.24) is 0 Å². The first-order chi connectivity index (χ1) is 2.94. The fraction of sp³-hybridized carbons (Fsp3) is 1.00. The van der Waals surface area contributed by atoms with Gasteiger partial charge in [-0.25, -0.2) is 0 Å². The number of alkyl halides is 2. The van der Waals surface area contributed by atoms with Crippen LogP contribution in [0.2, 0.25) is 0 Å². The molecule has 0 aliphatic rings. The molecule has 0 saturated carbocycles. The predicted molar refractivity (Wildman–Crippen MR) is 20.0 cm³/mol. The van der Waals surface area contributed by atoms with Crippen molar-refractivity contribution in [2.45, 2.75) is 6.17 Å². The van der Waals surface area contributed by atoms with Gasteiger partial charge in [-0.05, 0) is 0 Å². The third-order valence-corrected chi connectivity index (χ3v) is 0.839. The Morgan fingerprint density at radius 2 is 1.86 bits per heavy atom. The van der Waals surface area contributed by atoms with E-state index in [1.54, 1.807) is 0 Å². The summed E-state index contributed by atoms with van der Waals surface area (Å²) in [6, 6.07) is 0. The van der Waals surface area contributed by atoms with Crippen molar-refractivity contribution in [3.8, 4) is 0 Å². The molecule has 0 spiro atoms. The molecular weight excluding hydrogens is 127 g/mol. The summed E-state index contributed by atoms with van der Waals surface area (Å²) in [5.41, 5.74) is 4.04. The molecule has 0 saturated heterocycles. The zero-order valence-corrected chi connectivity index (χ0v) is 4.11. The Balaban J connectivity index is 3.80. The van der Waals surface area contributed by atoms with E-state index in [4.69, 9.17) is 4.89 Å². The average molecular weight is 131 g/mol. The van der Waals surface area contributed by atoms with Crippen LogP contribution >= 0.6 is 7.52 Å². The topological polar surface area (TPSA) is 63.3 Å². The lowest BCUT2D eigenvalue weighted by Crippen LogP contribution is -2.01. The second-order valence-corrected chi connectivity index (χ2v) is 2.69. The second kappa shape index (κ2) is 1.86. The highest BCUT2D eigenvalue weighted by molar-refractivity contribution is 7.55. The first-order valence-electron chi connectivity index (χ1n) is 1.34. The summed E-state index contributed by atoms with van der Waals surface area (Å²) >= 11 is 0. The van der Waals surface area contributed by atoms with E-state index in [1.165, 1.54) is 0 Å². The summed E-state index contributed by atoms with van der Waals surface area (Å²) in [5, 5.41) is 0. The molecule has 3 N–H and O–H groups in total. The molecular formula is CH4F2NO2P. The molecule has 0 radical (unpaired) electrons. The van der Waals surface area contributed by atoms with Gasteiger partial charge in [0.05, 0.1) is 0 Å². The lowest BCUT2D eigenvalue weighted by Gasteiger charge is -1.98. The van der Waals surface area contributed by atoms with Gasteiger partial charge in [-0.3, -0.25) is 10.1 Å². The number of hydrogen-bond donors (Lipinski definition) is 2. The normalized spacial score (nSPS) is 19.6. The molecule has 0 rings (SSSR count). The van der Waals surface area contributed by atoms with Gasteiger partial charge in [-0.1, -0.05) is 0 Å². The van der Waals surface area contributed by atoms with Crippen LogP contribution in [0, 0.1) is 0 Å². The first-order valence-corrected chi connectivity index (χ1v) is 3.13. The quantitative estimate of drug-likeness (QED) is 0.504. The van der Waals surface area contributed by atoms with E-state index >= 15 is 0 Å². The monoisotopic (exact) mass is 131 g/mol. The molecule has 0 fully saturated rings. The molecule has 0 aliphatic carbocycles. The molecule has 1 unspecified atom stereocenters. The third kappa shape index (κ3) is 2.68. The summed E-state index contributed by atoms with van der Waals surface area (Å²) in [6.07, 6.45) is -3.31. The number of hydrogen-bond acceptors (Lipinski definition) is 1. The van der Waals surface area contributed by atoms with Crippen LogP contribution in [0.3, 0.4) is 0 Å². The Hall–Kier alpha value is 0.01000. The minimum absolute atomic E-state index is 3.31. The molecule has 7 heavy (non-hydrogen) atoms. The van der Waals surface area contributed by atoms with Crippen molar-refractivity contribution >= 4 is 7.52 Å². The zero-order chi connectivity index (χ0) is 6.08. The Kier molecular flexibility index (Phi) is 1.86.